The van der Waals surface area contributed by atoms with E-state index in [0.717, 1.165) is 0 Å². The third-order valence-corrected chi connectivity index (χ3v) is 2.26. The molecular weight excluding hydrogens is 182 g/mol. The zero-order chi connectivity index (χ0) is 10.8. The monoisotopic (exact) mass is 195 g/mol. The normalized spacial score (nSPS) is 13.6. The molecule has 1 rings (SSSR count). The Labute approximate surface area is 82.3 Å². The molecule has 0 aliphatic carbocycles. The molecule has 0 fully saturated rings. The van der Waals surface area contributed by atoms with Crippen LogP contribution in [0.25, 0.3) is 0 Å². The van der Waals surface area contributed by atoms with Crippen LogP contribution in [0.5, 0.6) is 0 Å². The van der Waals surface area contributed by atoms with E-state index in [2.05, 4.69) is 0 Å². The van der Waals surface area contributed by atoms with Crippen molar-refractivity contribution in [1.82, 2.24) is 0 Å². The van der Waals surface area contributed by atoms with Gasteiger partial charge >= 0.3 is 0 Å². The quantitative estimate of drug-likeness (QED) is 0.590. The van der Waals surface area contributed by atoms with Crippen LogP contribution in [-0.4, -0.2) is 15.6 Å². The lowest BCUT2D eigenvalue weighted by Gasteiger charge is -2.22. The van der Waals surface area contributed by atoms with Crippen LogP contribution in [-0.2, 0) is 0 Å². The van der Waals surface area contributed by atoms with Gasteiger partial charge in [0.25, 0.3) is 0 Å². The maximum absolute atomic E-state index is 10.7. The number of hydrogen-bond acceptors (Lipinski definition) is 3. The molecule has 0 aliphatic rings. The van der Waals surface area contributed by atoms with E-state index in [1.807, 2.05) is 0 Å². The maximum Gasteiger partial charge on any atom is 0.246 e. The lowest BCUT2D eigenvalue weighted by atomic mass is 9.92. The van der Waals surface area contributed by atoms with E-state index < -0.39 is 16.6 Å². The van der Waals surface area contributed by atoms with Crippen LogP contribution in [0, 0.1) is 10.1 Å². The van der Waals surface area contributed by atoms with E-state index in [0.29, 0.717) is 5.56 Å². The summed E-state index contributed by atoms with van der Waals surface area (Å²) in [5.41, 5.74) is -0.796. The van der Waals surface area contributed by atoms with E-state index in [1.54, 1.807) is 30.3 Å². The minimum Gasteiger partial charge on any atom is -0.381 e. The zero-order valence-electron chi connectivity index (χ0n) is 8.18. The van der Waals surface area contributed by atoms with Gasteiger partial charge in [-0.1, -0.05) is 30.3 Å². The molecule has 0 saturated heterocycles. The minimum atomic E-state index is -1.36. The molecule has 4 heteroatoms. The molecule has 4 nitrogen and oxygen atoms in total. The van der Waals surface area contributed by atoms with E-state index in [1.165, 1.54) is 13.8 Å². The van der Waals surface area contributed by atoms with Crippen LogP contribution < -0.4 is 0 Å². The molecule has 0 heterocycles. The summed E-state index contributed by atoms with van der Waals surface area (Å²) < 4.78 is 0. The summed E-state index contributed by atoms with van der Waals surface area (Å²) in [4.78, 5) is 10.2. The average Bonchev–Trinajstić information content (AvgIpc) is 2.17. The van der Waals surface area contributed by atoms with Crippen molar-refractivity contribution in [3.8, 4) is 0 Å². The number of aliphatic hydroxyl groups is 1. The highest BCUT2D eigenvalue weighted by Gasteiger charge is 2.40. The Morgan fingerprint density at radius 3 is 2.29 bits per heavy atom. The van der Waals surface area contributed by atoms with Gasteiger partial charge in [-0.3, -0.25) is 10.1 Å². The van der Waals surface area contributed by atoms with Crippen LogP contribution in [0.1, 0.15) is 25.5 Å². The Bertz CT molecular complexity index is 321. The Kier molecular flexibility index (Phi) is 2.86. The summed E-state index contributed by atoms with van der Waals surface area (Å²) in [5.74, 6) is 0. The van der Waals surface area contributed by atoms with Crippen molar-refractivity contribution >= 4 is 0 Å². The second-order valence-electron chi connectivity index (χ2n) is 3.72. The topological polar surface area (TPSA) is 63.4 Å². The number of nitrogens with zero attached hydrogens (tertiary/aromatic N) is 1. The first-order valence-corrected chi connectivity index (χ1v) is 4.33. The molecule has 1 N–H and O–H groups in total. The molecule has 0 aromatic heterocycles. The number of hydrogen-bond donors (Lipinski definition) is 1. The molecule has 0 amide bonds. The standard InChI is InChI=1S/C10H13NO3/c1-10(2,11(13)14)9(12)8-6-4-3-5-7-8/h3-7,9,12H,1-2H3. The first kappa shape index (κ1) is 10.7. The van der Waals surface area contributed by atoms with Crippen LogP contribution in [0.4, 0.5) is 0 Å². The summed E-state index contributed by atoms with van der Waals surface area (Å²) in [5, 5.41) is 20.5. The lowest BCUT2D eigenvalue weighted by molar-refractivity contribution is -0.575. The van der Waals surface area contributed by atoms with Gasteiger partial charge in [-0.05, 0) is 5.56 Å². The zero-order valence-corrected chi connectivity index (χ0v) is 8.18. The third-order valence-electron chi connectivity index (χ3n) is 2.26. The fourth-order valence-corrected chi connectivity index (χ4v) is 1.14. The summed E-state index contributed by atoms with van der Waals surface area (Å²) in [7, 11) is 0. The van der Waals surface area contributed by atoms with Crippen molar-refractivity contribution in [1.29, 1.82) is 0 Å². The van der Waals surface area contributed by atoms with Gasteiger partial charge < -0.3 is 5.11 Å². The van der Waals surface area contributed by atoms with Gasteiger partial charge in [0, 0.05) is 18.8 Å². The molecule has 1 aromatic rings. The van der Waals surface area contributed by atoms with E-state index in [4.69, 9.17) is 0 Å². The Morgan fingerprint density at radius 1 is 1.36 bits per heavy atom. The highest BCUT2D eigenvalue weighted by molar-refractivity contribution is 5.19. The molecule has 1 atom stereocenters. The van der Waals surface area contributed by atoms with Crippen molar-refractivity contribution in [3.05, 3.63) is 46.0 Å². The van der Waals surface area contributed by atoms with Crippen LogP contribution in [0.2, 0.25) is 0 Å². The number of rotatable bonds is 3. The Balaban J connectivity index is 2.96. The smallest absolute Gasteiger partial charge is 0.246 e. The summed E-state index contributed by atoms with van der Waals surface area (Å²) in [6.45, 7) is 2.81. The van der Waals surface area contributed by atoms with Gasteiger partial charge in [0.2, 0.25) is 5.54 Å². The van der Waals surface area contributed by atoms with Crippen molar-refractivity contribution < 1.29 is 10.0 Å². The predicted molar refractivity (Wildman–Crippen MR) is 52.5 cm³/mol. The summed E-state index contributed by atoms with van der Waals surface area (Å²) >= 11 is 0. The number of aliphatic hydroxyl groups excluding tert-OH is 1. The summed E-state index contributed by atoms with van der Waals surface area (Å²) in [6.07, 6.45) is -1.08. The molecule has 0 spiro atoms. The highest BCUT2D eigenvalue weighted by atomic mass is 16.6. The molecule has 0 bridgehead atoms. The molecule has 76 valence electrons. The Hall–Kier alpha value is -1.42. The van der Waals surface area contributed by atoms with Gasteiger partial charge in [0.1, 0.15) is 6.10 Å². The number of nitro groups is 1. The van der Waals surface area contributed by atoms with Crippen molar-refractivity contribution in [2.45, 2.75) is 25.5 Å². The lowest BCUT2D eigenvalue weighted by Crippen LogP contribution is -2.37. The fourth-order valence-electron chi connectivity index (χ4n) is 1.14. The third kappa shape index (κ3) is 1.90. The second kappa shape index (κ2) is 3.75. The molecule has 0 saturated carbocycles. The van der Waals surface area contributed by atoms with Gasteiger partial charge in [-0.25, -0.2) is 0 Å². The van der Waals surface area contributed by atoms with Crippen LogP contribution in [0.3, 0.4) is 0 Å². The van der Waals surface area contributed by atoms with Crippen molar-refractivity contribution in [2.75, 3.05) is 0 Å². The molecule has 0 aliphatic heterocycles. The maximum atomic E-state index is 10.7. The second-order valence-corrected chi connectivity index (χ2v) is 3.72. The summed E-state index contributed by atoms with van der Waals surface area (Å²) in [6, 6.07) is 8.64. The number of benzene rings is 1. The van der Waals surface area contributed by atoms with Crippen molar-refractivity contribution in [3.63, 3.8) is 0 Å². The van der Waals surface area contributed by atoms with Gasteiger partial charge in [0.05, 0.1) is 0 Å². The van der Waals surface area contributed by atoms with Gasteiger partial charge in [0.15, 0.2) is 0 Å². The molecule has 14 heavy (non-hydrogen) atoms. The largest absolute Gasteiger partial charge is 0.381 e. The molecular formula is C10H13NO3. The van der Waals surface area contributed by atoms with E-state index >= 15 is 0 Å². The van der Waals surface area contributed by atoms with Gasteiger partial charge in [-0.15, -0.1) is 0 Å². The van der Waals surface area contributed by atoms with Crippen LogP contribution in [0.15, 0.2) is 30.3 Å². The molecule has 1 aromatic carbocycles. The Morgan fingerprint density at radius 2 is 1.86 bits per heavy atom. The minimum absolute atomic E-state index is 0.468. The van der Waals surface area contributed by atoms with E-state index in [-0.39, 0.29) is 0 Å². The first-order valence-electron chi connectivity index (χ1n) is 4.33. The fraction of sp³-hybridized carbons (Fsp3) is 0.400. The average molecular weight is 195 g/mol. The first-order chi connectivity index (χ1) is 6.46. The molecule has 1 unspecified atom stereocenters. The predicted octanol–water partition coefficient (Wildman–Crippen LogP) is 1.78. The van der Waals surface area contributed by atoms with E-state index in [9.17, 15) is 15.2 Å². The molecule has 0 radical (unpaired) electrons. The van der Waals surface area contributed by atoms with Gasteiger partial charge in [-0.2, -0.15) is 0 Å². The highest BCUT2D eigenvalue weighted by Crippen LogP contribution is 2.27. The van der Waals surface area contributed by atoms with Crippen LogP contribution >= 0.6 is 0 Å². The SMILES string of the molecule is CC(C)(C(O)c1ccccc1)[N+](=O)[O-]. The van der Waals surface area contributed by atoms with Crippen molar-refractivity contribution in [2.24, 2.45) is 0 Å².